The van der Waals surface area contributed by atoms with Crippen LogP contribution in [0, 0.1) is 11.3 Å². The Kier molecular flexibility index (Phi) is 5.25. The molecule has 2 aromatic rings. The lowest BCUT2D eigenvalue weighted by atomic mass is 10.1. The van der Waals surface area contributed by atoms with E-state index in [1.54, 1.807) is 25.1 Å². The highest BCUT2D eigenvalue weighted by Gasteiger charge is 2.23. The van der Waals surface area contributed by atoms with Crippen LogP contribution in [0.25, 0.3) is 0 Å². The molecule has 0 radical (unpaired) electrons. The minimum absolute atomic E-state index is 0.109. The van der Waals surface area contributed by atoms with Crippen LogP contribution in [0.4, 0.5) is 0 Å². The first-order valence-corrected chi connectivity index (χ1v) is 8.14. The van der Waals surface area contributed by atoms with Gasteiger partial charge in [0, 0.05) is 12.1 Å². The average molecular weight is 353 g/mol. The van der Waals surface area contributed by atoms with Crippen LogP contribution in [0.5, 0.6) is 17.2 Å². The molecule has 7 heteroatoms. The van der Waals surface area contributed by atoms with Gasteiger partial charge in [0.1, 0.15) is 6.61 Å². The fraction of sp³-hybridized carbons (Fsp3) is 0.263. The summed E-state index contributed by atoms with van der Waals surface area (Å²) in [4.78, 5) is 11.1. The highest BCUT2D eigenvalue weighted by molar-refractivity contribution is 5.79. The van der Waals surface area contributed by atoms with E-state index in [0.717, 1.165) is 11.1 Å². The summed E-state index contributed by atoms with van der Waals surface area (Å²) in [5.74, 6) is 1.27. The Balaban J connectivity index is 1.72. The van der Waals surface area contributed by atoms with Crippen molar-refractivity contribution in [2.75, 3.05) is 6.79 Å². The number of ether oxygens (including phenoxy) is 3. The molecular weight excluding hydrogens is 334 g/mol. The smallest absolute Gasteiger partial charge is 0.234 e. The van der Waals surface area contributed by atoms with Gasteiger partial charge in [0.25, 0.3) is 0 Å². The highest BCUT2D eigenvalue weighted by Crippen LogP contribution is 2.43. The van der Waals surface area contributed by atoms with Gasteiger partial charge >= 0.3 is 0 Å². The number of nitriles is 1. The molecule has 0 spiro atoms. The second-order valence-corrected chi connectivity index (χ2v) is 5.89. The number of carbonyl (C=O) groups is 1. The van der Waals surface area contributed by atoms with E-state index >= 15 is 0 Å². The van der Waals surface area contributed by atoms with Crippen molar-refractivity contribution < 1.29 is 19.0 Å². The van der Waals surface area contributed by atoms with Crippen LogP contribution in [0.2, 0.25) is 0 Å². The number of rotatable bonds is 7. The Morgan fingerprint density at radius 1 is 1.35 bits per heavy atom. The van der Waals surface area contributed by atoms with Gasteiger partial charge < -0.3 is 25.3 Å². The monoisotopic (exact) mass is 353 g/mol. The van der Waals surface area contributed by atoms with Crippen molar-refractivity contribution in [3.05, 3.63) is 53.1 Å². The Hall–Kier alpha value is -3.24. The fourth-order valence-corrected chi connectivity index (χ4v) is 2.54. The average Bonchev–Trinajstić information content (AvgIpc) is 3.15. The molecule has 26 heavy (non-hydrogen) atoms. The second-order valence-electron chi connectivity index (χ2n) is 5.89. The Bertz CT molecular complexity index is 860. The maximum absolute atomic E-state index is 11.1. The summed E-state index contributed by atoms with van der Waals surface area (Å²) < 4.78 is 16.9. The molecule has 0 bridgehead atoms. The van der Waals surface area contributed by atoms with Gasteiger partial charge in [-0.2, -0.15) is 5.26 Å². The summed E-state index contributed by atoms with van der Waals surface area (Å²) in [5.41, 5.74) is 7.58. The first-order valence-electron chi connectivity index (χ1n) is 8.14. The van der Waals surface area contributed by atoms with Crippen molar-refractivity contribution in [1.29, 1.82) is 5.26 Å². The number of primary amides is 1. The topological polar surface area (TPSA) is 107 Å². The molecule has 3 rings (SSSR count). The van der Waals surface area contributed by atoms with Crippen LogP contribution in [-0.4, -0.2) is 18.7 Å². The molecule has 1 unspecified atom stereocenters. The summed E-state index contributed by atoms with van der Waals surface area (Å²) in [6.45, 7) is 2.53. The number of hydrogen-bond donors (Lipinski definition) is 2. The Morgan fingerprint density at radius 2 is 2.15 bits per heavy atom. The van der Waals surface area contributed by atoms with Crippen LogP contribution in [0.3, 0.4) is 0 Å². The van der Waals surface area contributed by atoms with Crippen molar-refractivity contribution in [2.45, 2.75) is 26.1 Å². The number of nitrogens with two attached hydrogens (primary N) is 1. The van der Waals surface area contributed by atoms with E-state index in [9.17, 15) is 4.79 Å². The third kappa shape index (κ3) is 3.87. The molecule has 1 atom stereocenters. The van der Waals surface area contributed by atoms with E-state index in [0.29, 0.717) is 36.0 Å². The first kappa shape index (κ1) is 17.6. The standard InChI is InChI=1S/C19H19N3O4/c1-12(19(21)23)22-9-15-5-6-16(18-17(15)25-11-26-18)24-10-14-4-2-3-13(7-14)8-20/h2-7,12,22H,9-11H2,1H3,(H2,21,23). The maximum atomic E-state index is 11.1. The molecule has 2 aromatic carbocycles. The molecule has 1 amide bonds. The molecule has 0 saturated carbocycles. The van der Waals surface area contributed by atoms with Crippen molar-refractivity contribution in [2.24, 2.45) is 5.73 Å². The number of hydrogen-bond acceptors (Lipinski definition) is 6. The molecule has 1 aliphatic rings. The molecule has 3 N–H and O–H groups in total. The highest BCUT2D eigenvalue weighted by atomic mass is 16.7. The third-order valence-electron chi connectivity index (χ3n) is 4.04. The summed E-state index contributed by atoms with van der Waals surface area (Å²) in [6.07, 6.45) is 0. The third-order valence-corrected chi connectivity index (χ3v) is 4.04. The Labute approximate surface area is 151 Å². The lowest BCUT2D eigenvalue weighted by Gasteiger charge is -2.14. The summed E-state index contributed by atoms with van der Waals surface area (Å²) in [5, 5.41) is 12.0. The van der Waals surface area contributed by atoms with Gasteiger partial charge in [-0.25, -0.2) is 0 Å². The molecule has 134 valence electrons. The van der Waals surface area contributed by atoms with Gasteiger partial charge in [0.2, 0.25) is 18.4 Å². The molecular formula is C19H19N3O4. The maximum Gasteiger partial charge on any atom is 0.234 e. The van der Waals surface area contributed by atoms with E-state index in [1.165, 1.54) is 0 Å². The fourth-order valence-electron chi connectivity index (χ4n) is 2.54. The van der Waals surface area contributed by atoms with Gasteiger partial charge in [0.05, 0.1) is 17.7 Å². The van der Waals surface area contributed by atoms with Crippen LogP contribution in [0.1, 0.15) is 23.6 Å². The van der Waals surface area contributed by atoms with Gasteiger partial charge in [-0.3, -0.25) is 4.79 Å². The number of amides is 1. The SMILES string of the molecule is CC(NCc1ccc(OCc2cccc(C#N)c2)c2c1OCO2)C(N)=O. The van der Waals surface area contributed by atoms with Crippen LogP contribution >= 0.6 is 0 Å². The molecule has 0 aromatic heterocycles. The van der Waals surface area contributed by atoms with Crippen molar-refractivity contribution in [3.63, 3.8) is 0 Å². The van der Waals surface area contributed by atoms with Crippen LogP contribution in [-0.2, 0) is 17.9 Å². The zero-order chi connectivity index (χ0) is 18.5. The molecule has 0 saturated heterocycles. The lowest BCUT2D eigenvalue weighted by molar-refractivity contribution is -0.119. The zero-order valence-corrected chi connectivity index (χ0v) is 14.3. The van der Waals surface area contributed by atoms with Crippen molar-refractivity contribution >= 4 is 5.91 Å². The van der Waals surface area contributed by atoms with Crippen LogP contribution in [0.15, 0.2) is 36.4 Å². The number of fused-ring (bicyclic) bond motifs is 1. The van der Waals surface area contributed by atoms with Crippen LogP contribution < -0.4 is 25.3 Å². The molecule has 7 nitrogen and oxygen atoms in total. The van der Waals surface area contributed by atoms with Gasteiger partial charge in [-0.05, 0) is 30.7 Å². The van der Waals surface area contributed by atoms with E-state index < -0.39 is 11.9 Å². The van der Waals surface area contributed by atoms with Crippen molar-refractivity contribution in [3.8, 4) is 23.3 Å². The summed E-state index contributed by atoms with van der Waals surface area (Å²) in [7, 11) is 0. The number of nitrogens with zero attached hydrogens (tertiary/aromatic N) is 1. The van der Waals surface area contributed by atoms with E-state index in [4.69, 9.17) is 25.2 Å². The zero-order valence-electron chi connectivity index (χ0n) is 14.3. The predicted molar refractivity (Wildman–Crippen MR) is 93.6 cm³/mol. The van der Waals surface area contributed by atoms with E-state index in [2.05, 4.69) is 11.4 Å². The summed E-state index contributed by atoms with van der Waals surface area (Å²) in [6, 6.07) is 12.5. The molecule has 0 aliphatic carbocycles. The number of benzene rings is 2. The predicted octanol–water partition coefficient (Wildman–Crippen LogP) is 1.83. The quantitative estimate of drug-likeness (QED) is 0.786. The lowest BCUT2D eigenvalue weighted by Crippen LogP contribution is -2.38. The van der Waals surface area contributed by atoms with E-state index in [1.807, 2.05) is 18.2 Å². The van der Waals surface area contributed by atoms with Gasteiger partial charge in [-0.15, -0.1) is 0 Å². The minimum atomic E-state index is -0.448. The largest absolute Gasteiger partial charge is 0.485 e. The number of carbonyl (C=O) groups excluding carboxylic acids is 1. The van der Waals surface area contributed by atoms with E-state index in [-0.39, 0.29) is 6.79 Å². The van der Waals surface area contributed by atoms with Gasteiger partial charge in [-0.1, -0.05) is 18.2 Å². The Morgan fingerprint density at radius 3 is 2.92 bits per heavy atom. The molecule has 0 fully saturated rings. The normalized spacial score (nSPS) is 13.1. The summed E-state index contributed by atoms with van der Waals surface area (Å²) >= 11 is 0. The van der Waals surface area contributed by atoms with Crippen molar-refractivity contribution in [1.82, 2.24) is 5.32 Å². The molecule has 1 aliphatic heterocycles. The minimum Gasteiger partial charge on any atom is -0.485 e. The van der Waals surface area contributed by atoms with Gasteiger partial charge in [0.15, 0.2) is 11.5 Å². The first-order chi connectivity index (χ1) is 12.6. The number of nitrogens with one attached hydrogen (secondary N) is 1. The molecule has 1 heterocycles. The second kappa shape index (κ2) is 7.76.